The maximum atomic E-state index is 12.6. The SMILES string of the molecule is O=C(O)c1cnc(Cl)cc1F. The van der Waals surface area contributed by atoms with E-state index in [0.717, 1.165) is 12.3 Å². The number of halogens is 2. The third kappa shape index (κ3) is 1.65. The van der Waals surface area contributed by atoms with Crippen molar-refractivity contribution >= 4 is 17.6 Å². The Bertz CT molecular complexity index is 303. The lowest BCUT2D eigenvalue weighted by Crippen LogP contribution is -2.00. The van der Waals surface area contributed by atoms with E-state index in [4.69, 9.17) is 16.7 Å². The molecule has 5 heteroatoms. The molecule has 58 valence electrons. The molecular formula is C6H3ClFNO2. The molecule has 0 aliphatic carbocycles. The number of carbonyl (C=O) groups is 1. The van der Waals surface area contributed by atoms with Crippen LogP contribution in [-0.4, -0.2) is 16.1 Å². The van der Waals surface area contributed by atoms with Crippen LogP contribution in [0.4, 0.5) is 4.39 Å². The van der Waals surface area contributed by atoms with Crippen LogP contribution in [0.5, 0.6) is 0 Å². The zero-order valence-corrected chi connectivity index (χ0v) is 5.97. The van der Waals surface area contributed by atoms with Gasteiger partial charge in [0.25, 0.3) is 0 Å². The van der Waals surface area contributed by atoms with Crippen molar-refractivity contribution in [3.8, 4) is 0 Å². The summed E-state index contributed by atoms with van der Waals surface area (Å²) in [4.78, 5) is 13.6. The van der Waals surface area contributed by atoms with Crippen molar-refractivity contribution in [2.75, 3.05) is 0 Å². The van der Waals surface area contributed by atoms with Crippen LogP contribution in [0.1, 0.15) is 10.4 Å². The first-order valence-electron chi connectivity index (χ1n) is 2.65. The number of carboxylic acids is 1. The van der Waals surface area contributed by atoms with Gasteiger partial charge in [-0.25, -0.2) is 14.2 Å². The van der Waals surface area contributed by atoms with Gasteiger partial charge in [0.2, 0.25) is 0 Å². The summed E-state index contributed by atoms with van der Waals surface area (Å²) >= 11 is 5.28. The first kappa shape index (κ1) is 7.94. The maximum Gasteiger partial charge on any atom is 0.340 e. The van der Waals surface area contributed by atoms with Gasteiger partial charge >= 0.3 is 5.97 Å². The van der Waals surface area contributed by atoms with Crippen LogP contribution < -0.4 is 0 Å². The van der Waals surface area contributed by atoms with Crippen LogP contribution in [-0.2, 0) is 0 Å². The fourth-order valence-corrected chi connectivity index (χ4v) is 0.709. The average molecular weight is 176 g/mol. The second kappa shape index (κ2) is 2.84. The summed E-state index contributed by atoms with van der Waals surface area (Å²) in [5.41, 5.74) is -0.477. The predicted octanol–water partition coefficient (Wildman–Crippen LogP) is 1.57. The van der Waals surface area contributed by atoms with Crippen molar-refractivity contribution in [3.05, 3.63) is 28.8 Å². The third-order valence-electron chi connectivity index (χ3n) is 1.05. The van der Waals surface area contributed by atoms with Gasteiger partial charge in [0.1, 0.15) is 16.5 Å². The molecule has 0 saturated carbocycles. The van der Waals surface area contributed by atoms with E-state index < -0.39 is 17.3 Å². The van der Waals surface area contributed by atoms with Gasteiger partial charge in [-0.15, -0.1) is 0 Å². The lowest BCUT2D eigenvalue weighted by atomic mass is 10.3. The van der Waals surface area contributed by atoms with Gasteiger partial charge in [0.05, 0.1) is 0 Å². The highest BCUT2D eigenvalue weighted by molar-refractivity contribution is 6.29. The topological polar surface area (TPSA) is 50.2 Å². The van der Waals surface area contributed by atoms with E-state index in [1.54, 1.807) is 0 Å². The fourth-order valence-electron chi connectivity index (χ4n) is 0.565. The number of pyridine rings is 1. The van der Waals surface area contributed by atoms with Crippen molar-refractivity contribution in [1.29, 1.82) is 0 Å². The number of aromatic carboxylic acids is 1. The second-order valence-corrected chi connectivity index (χ2v) is 2.18. The molecule has 0 atom stereocenters. The molecule has 0 fully saturated rings. The van der Waals surface area contributed by atoms with E-state index in [9.17, 15) is 9.18 Å². The number of aromatic nitrogens is 1. The van der Waals surface area contributed by atoms with Gasteiger partial charge in [-0.05, 0) is 0 Å². The fraction of sp³-hybridized carbons (Fsp3) is 0. The Morgan fingerprint density at radius 1 is 1.73 bits per heavy atom. The minimum absolute atomic E-state index is 0.0625. The first-order chi connectivity index (χ1) is 5.11. The largest absolute Gasteiger partial charge is 0.478 e. The van der Waals surface area contributed by atoms with Gasteiger partial charge in [-0.3, -0.25) is 0 Å². The molecule has 1 heterocycles. The van der Waals surface area contributed by atoms with Crippen molar-refractivity contribution in [3.63, 3.8) is 0 Å². The molecule has 0 aromatic carbocycles. The third-order valence-corrected chi connectivity index (χ3v) is 1.26. The van der Waals surface area contributed by atoms with Gasteiger partial charge in [-0.2, -0.15) is 0 Å². The van der Waals surface area contributed by atoms with E-state index in [1.807, 2.05) is 0 Å². The highest BCUT2D eigenvalue weighted by atomic mass is 35.5. The second-order valence-electron chi connectivity index (χ2n) is 1.79. The van der Waals surface area contributed by atoms with Gasteiger partial charge in [-0.1, -0.05) is 11.6 Å². The van der Waals surface area contributed by atoms with Gasteiger partial charge in [0.15, 0.2) is 0 Å². The summed E-state index contributed by atoms with van der Waals surface area (Å²) < 4.78 is 12.6. The first-order valence-corrected chi connectivity index (χ1v) is 3.03. The number of carboxylic acid groups (broad SMARTS) is 1. The maximum absolute atomic E-state index is 12.6. The molecule has 0 unspecified atom stereocenters. The average Bonchev–Trinajstić information content (AvgIpc) is 1.85. The van der Waals surface area contributed by atoms with Crippen LogP contribution in [0.2, 0.25) is 5.15 Å². The molecule has 0 aliphatic heterocycles. The monoisotopic (exact) mass is 175 g/mol. The molecule has 0 spiro atoms. The molecule has 0 bridgehead atoms. The van der Waals surface area contributed by atoms with Gasteiger partial charge in [0, 0.05) is 12.3 Å². The molecule has 0 saturated heterocycles. The highest BCUT2D eigenvalue weighted by Crippen LogP contribution is 2.10. The lowest BCUT2D eigenvalue weighted by molar-refractivity contribution is 0.0691. The zero-order valence-electron chi connectivity index (χ0n) is 5.21. The smallest absolute Gasteiger partial charge is 0.340 e. The van der Waals surface area contributed by atoms with E-state index in [1.165, 1.54) is 0 Å². The minimum atomic E-state index is -1.35. The van der Waals surface area contributed by atoms with Crippen LogP contribution >= 0.6 is 11.6 Å². The quantitative estimate of drug-likeness (QED) is 0.660. The summed E-state index contributed by atoms with van der Waals surface area (Å²) in [6.07, 6.45) is 0.875. The normalized spacial score (nSPS) is 9.64. The Morgan fingerprint density at radius 3 is 2.82 bits per heavy atom. The number of nitrogens with zero attached hydrogens (tertiary/aromatic N) is 1. The Hall–Kier alpha value is -1.16. The molecule has 1 aromatic rings. The number of hydrogen-bond donors (Lipinski definition) is 1. The van der Waals surface area contributed by atoms with E-state index in [2.05, 4.69) is 4.98 Å². The Kier molecular flexibility index (Phi) is 2.05. The van der Waals surface area contributed by atoms with Crippen molar-refractivity contribution in [2.45, 2.75) is 0 Å². The van der Waals surface area contributed by atoms with Crippen molar-refractivity contribution in [1.82, 2.24) is 4.98 Å². The minimum Gasteiger partial charge on any atom is -0.478 e. The van der Waals surface area contributed by atoms with Gasteiger partial charge < -0.3 is 5.11 Å². The van der Waals surface area contributed by atoms with E-state index >= 15 is 0 Å². The van der Waals surface area contributed by atoms with Crippen molar-refractivity contribution in [2.24, 2.45) is 0 Å². The summed E-state index contributed by atoms with van der Waals surface area (Å²) in [6, 6.07) is 0.852. The summed E-state index contributed by atoms with van der Waals surface area (Å²) in [7, 11) is 0. The van der Waals surface area contributed by atoms with Crippen molar-refractivity contribution < 1.29 is 14.3 Å². The predicted molar refractivity (Wildman–Crippen MR) is 36.2 cm³/mol. The molecule has 0 amide bonds. The molecule has 1 N–H and O–H groups in total. The summed E-state index contributed by atoms with van der Waals surface area (Å²) in [5.74, 6) is -2.23. The molecule has 0 aliphatic rings. The Morgan fingerprint density at radius 2 is 2.36 bits per heavy atom. The van der Waals surface area contributed by atoms with E-state index in [0.29, 0.717) is 0 Å². The van der Waals surface area contributed by atoms with Crippen LogP contribution in [0.15, 0.2) is 12.3 Å². The van der Waals surface area contributed by atoms with Crippen LogP contribution in [0, 0.1) is 5.82 Å². The molecular weight excluding hydrogens is 173 g/mol. The summed E-state index contributed by atoms with van der Waals surface area (Å²) in [6.45, 7) is 0. The highest BCUT2D eigenvalue weighted by Gasteiger charge is 2.10. The van der Waals surface area contributed by atoms with Crippen LogP contribution in [0.3, 0.4) is 0 Å². The molecule has 3 nitrogen and oxygen atoms in total. The van der Waals surface area contributed by atoms with E-state index in [-0.39, 0.29) is 5.15 Å². The molecule has 11 heavy (non-hydrogen) atoms. The lowest BCUT2D eigenvalue weighted by Gasteiger charge is -1.94. The number of rotatable bonds is 1. The Labute approximate surface area is 66.4 Å². The standard InChI is InChI=1S/C6H3ClFNO2/c7-5-1-4(8)3(2-9-5)6(10)11/h1-2H,(H,10,11). The molecule has 1 rings (SSSR count). The van der Waals surface area contributed by atoms with Crippen LogP contribution in [0.25, 0.3) is 0 Å². The Balaban J connectivity index is 3.20. The molecule has 0 radical (unpaired) electrons. The summed E-state index contributed by atoms with van der Waals surface area (Å²) in [5, 5.41) is 8.27. The number of hydrogen-bond acceptors (Lipinski definition) is 2. The zero-order chi connectivity index (χ0) is 8.43. The molecule has 1 aromatic heterocycles.